The van der Waals surface area contributed by atoms with Crippen molar-refractivity contribution < 1.29 is 17.9 Å². The quantitative estimate of drug-likeness (QED) is 0.709. The van der Waals surface area contributed by atoms with Gasteiger partial charge in [0.25, 0.3) is 0 Å². The van der Waals surface area contributed by atoms with Crippen molar-refractivity contribution in [1.29, 1.82) is 0 Å². The first kappa shape index (κ1) is 11.5. The molecule has 0 bridgehead atoms. The number of hydrogen-bond acceptors (Lipinski definition) is 1. The maximum atomic E-state index is 12.3. The summed E-state index contributed by atoms with van der Waals surface area (Å²) in [7, 11) is 0. The minimum absolute atomic E-state index is 0.0315. The van der Waals surface area contributed by atoms with Crippen LogP contribution < -0.4 is 0 Å². The third-order valence-corrected chi connectivity index (χ3v) is 2.79. The second-order valence-corrected chi connectivity index (χ2v) is 3.97. The molecule has 1 atom stereocenters. The normalized spacial score (nSPS) is 22.1. The monoisotopic (exact) mass is 230 g/mol. The number of benzene rings is 1. The number of halogens is 3. The maximum absolute atomic E-state index is 12.3. The molecule has 2 rings (SSSR count). The van der Waals surface area contributed by atoms with Gasteiger partial charge in [0.05, 0.1) is 11.7 Å². The van der Waals surface area contributed by atoms with E-state index < -0.39 is 11.7 Å². The van der Waals surface area contributed by atoms with E-state index in [0.717, 1.165) is 37.0 Å². The lowest BCUT2D eigenvalue weighted by atomic mass is 10.0. The van der Waals surface area contributed by atoms with Crippen molar-refractivity contribution >= 4 is 0 Å². The van der Waals surface area contributed by atoms with E-state index in [-0.39, 0.29) is 6.10 Å². The van der Waals surface area contributed by atoms with E-state index in [4.69, 9.17) is 4.74 Å². The second-order valence-electron chi connectivity index (χ2n) is 3.97. The molecule has 1 aromatic rings. The Kier molecular flexibility index (Phi) is 3.19. The lowest BCUT2D eigenvalue weighted by molar-refractivity contribution is -0.137. The van der Waals surface area contributed by atoms with Gasteiger partial charge < -0.3 is 4.74 Å². The number of rotatable bonds is 1. The molecule has 0 aromatic heterocycles. The minimum Gasteiger partial charge on any atom is -0.374 e. The van der Waals surface area contributed by atoms with Gasteiger partial charge >= 0.3 is 6.18 Å². The molecule has 1 aromatic carbocycles. The first-order valence-electron chi connectivity index (χ1n) is 5.36. The lowest BCUT2D eigenvalue weighted by Gasteiger charge is -2.23. The Labute approximate surface area is 92.2 Å². The largest absolute Gasteiger partial charge is 0.416 e. The highest BCUT2D eigenvalue weighted by atomic mass is 19.4. The fourth-order valence-electron chi connectivity index (χ4n) is 1.89. The van der Waals surface area contributed by atoms with E-state index >= 15 is 0 Å². The molecule has 0 radical (unpaired) electrons. The van der Waals surface area contributed by atoms with Gasteiger partial charge in [-0.3, -0.25) is 0 Å². The van der Waals surface area contributed by atoms with Crippen molar-refractivity contribution in [3.8, 4) is 0 Å². The molecule has 1 aliphatic heterocycles. The number of ether oxygens (including phenoxy) is 1. The van der Waals surface area contributed by atoms with Gasteiger partial charge in [0.15, 0.2) is 0 Å². The Morgan fingerprint density at radius 1 is 1.06 bits per heavy atom. The van der Waals surface area contributed by atoms with Crippen LogP contribution in [-0.4, -0.2) is 6.61 Å². The Morgan fingerprint density at radius 2 is 1.75 bits per heavy atom. The first-order chi connectivity index (χ1) is 7.57. The first-order valence-corrected chi connectivity index (χ1v) is 5.36. The summed E-state index contributed by atoms with van der Waals surface area (Å²) in [5.41, 5.74) is 0.236. The van der Waals surface area contributed by atoms with Crippen molar-refractivity contribution in [1.82, 2.24) is 0 Å². The molecule has 0 N–H and O–H groups in total. The van der Waals surface area contributed by atoms with Crippen molar-refractivity contribution in [2.45, 2.75) is 31.5 Å². The highest BCUT2D eigenvalue weighted by Gasteiger charge is 2.30. The molecule has 1 unspecified atom stereocenters. The second kappa shape index (κ2) is 4.45. The van der Waals surface area contributed by atoms with Gasteiger partial charge in [0.2, 0.25) is 0 Å². The van der Waals surface area contributed by atoms with E-state index in [0.29, 0.717) is 6.61 Å². The summed E-state index contributed by atoms with van der Waals surface area (Å²) in [4.78, 5) is 0. The fourth-order valence-corrected chi connectivity index (χ4v) is 1.89. The van der Waals surface area contributed by atoms with Crippen LogP contribution in [0.4, 0.5) is 13.2 Å². The summed E-state index contributed by atoms with van der Waals surface area (Å²) >= 11 is 0. The average Bonchev–Trinajstić information content (AvgIpc) is 2.29. The van der Waals surface area contributed by atoms with Crippen LogP contribution in [0.25, 0.3) is 0 Å². The van der Waals surface area contributed by atoms with Gasteiger partial charge in [-0.05, 0) is 37.0 Å². The summed E-state index contributed by atoms with van der Waals surface area (Å²) in [5, 5.41) is 0. The topological polar surface area (TPSA) is 9.23 Å². The molecular weight excluding hydrogens is 217 g/mol. The van der Waals surface area contributed by atoms with E-state index in [1.807, 2.05) is 0 Å². The van der Waals surface area contributed by atoms with Crippen molar-refractivity contribution in [3.05, 3.63) is 35.4 Å². The van der Waals surface area contributed by atoms with Crippen molar-refractivity contribution in [2.24, 2.45) is 0 Å². The molecule has 88 valence electrons. The molecule has 0 amide bonds. The third kappa shape index (κ3) is 2.55. The van der Waals surface area contributed by atoms with Crippen LogP contribution in [0.1, 0.15) is 36.5 Å². The Balaban J connectivity index is 2.12. The molecule has 1 saturated heterocycles. The standard InChI is InChI=1S/C12H13F3O/c13-12(14,15)10-6-4-9(5-7-10)11-3-1-2-8-16-11/h4-7,11H,1-3,8H2. The van der Waals surface area contributed by atoms with E-state index in [9.17, 15) is 13.2 Å². The van der Waals surface area contributed by atoms with Crippen LogP contribution in [0.15, 0.2) is 24.3 Å². The van der Waals surface area contributed by atoms with Gasteiger partial charge in [-0.15, -0.1) is 0 Å². The highest BCUT2D eigenvalue weighted by molar-refractivity contribution is 5.26. The summed E-state index contributed by atoms with van der Waals surface area (Å²) in [6.45, 7) is 0.700. The number of alkyl halides is 3. The Hall–Kier alpha value is -1.03. The van der Waals surface area contributed by atoms with Gasteiger partial charge in [-0.2, -0.15) is 13.2 Å². The zero-order chi connectivity index (χ0) is 11.6. The van der Waals surface area contributed by atoms with Gasteiger partial charge in [0, 0.05) is 6.61 Å². The van der Waals surface area contributed by atoms with Gasteiger partial charge in [0.1, 0.15) is 0 Å². The molecule has 1 nitrogen and oxygen atoms in total. The molecule has 4 heteroatoms. The van der Waals surface area contributed by atoms with Crippen LogP contribution >= 0.6 is 0 Å². The maximum Gasteiger partial charge on any atom is 0.416 e. The summed E-state index contributed by atoms with van der Waals surface area (Å²) in [6, 6.07) is 5.26. The van der Waals surface area contributed by atoms with Crippen LogP contribution in [0.5, 0.6) is 0 Å². The summed E-state index contributed by atoms with van der Waals surface area (Å²) in [6.07, 6.45) is -1.28. The molecule has 0 aliphatic carbocycles. The molecule has 0 spiro atoms. The molecule has 16 heavy (non-hydrogen) atoms. The smallest absolute Gasteiger partial charge is 0.374 e. The van der Waals surface area contributed by atoms with E-state index in [1.165, 1.54) is 12.1 Å². The van der Waals surface area contributed by atoms with Crippen molar-refractivity contribution in [2.75, 3.05) is 6.61 Å². The minimum atomic E-state index is -4.26. The number of hydrogen-bond donors (Lipinski definition) is 0. The van der Waals surface area contributed by atoms with Gasteiger partial charge in [-0.1, -0.05) is 12.1 Å². The SMILES string of the molecule is FC(F)(F)c1ccc(C2CCCCO2)cc1. The van der Waals surface area contributed by atoms with E-state index in [1.54, 1.807) is 0 Å². The summed E-state index contributed by atoms with van der Waals surface area (Å²) < 4.78 is 42.5. The zero-order valence-corrected chi connectivity index (χ0v) is 8.76. The predicted octanol–water partition coefficient (Wildman–Crippen LogP) is 3.95. The van der Waals surface area contributed by atoms with Gasteiger partial charge in [-0.25, -0.2) is 0 Å². The molecule has 0 saturated carbocycles. The third-order valence-electron chi connectivity index (χ3n) is 2.79. The van der Waals surface area contributed by atoms with Crippen LogP contribution in [-0.2, 0) is 10.9 Å². The van der Waals surface area contributed by atoms with Crippen molar-refractivity contribution in [3.63, 3.8) is 0 Å². The lowest BCUT2D eigenvalue weighted by Crippen LogP contribution is -2.12. The molecule has 1 heterocycles. The molecular formula is C12H13F3O. The van der Waals surface area contributed by atoms with Crippen LogP contribution in [0, 0.1) is 0 Å². The van der Waals surface area contributed by atoms with E-state index in [2.05, 4.69) is 0 Å². The highest BCUT2D eigenvalue weighted by Crippen LogP contribution is 2.32. The van der Waals surface area contributed by atoms with Crippen LogP contribution in [0.3, 0.4) is 0 Å². The zero-order valence-electron chi connectivity index (χ0n) is 8.76. The fraction of sp³-hybridized carbons (Fsp3) is 0.500. The van der Waals surface area contributed by atoms with Crippen LogP contribution in [0.2, 0.25) is 0 Å². The predicted molar refractivity (Wildman–Crippen MR) is 54.0 cm³/mol. The Bertz CT molecular complexity index is 336. The average molecular weight is 230 g/mol. The molecule has 1 aliphatic rings. The molecule has 1 fully saturated rings. The Morgan fingerprint density at radius 3 is 2.25 bits per heavy atom. The summed E-state index contributed by atoms with van der Waals surface area (Å²) in [5.74, 6) is 0.